The average molecular weight is 495 g/mol. The van der Waals surface area contributed by atoms with E-state index in [1.165, 1.54) is 12.1 Å². The lowest BCUT2D eigenvalue weighted by Gasteiger charge is -2.42. The molecule has 2 N–H and O–H groups in total. The minimum Gasteiger partial charge on any atom is -0.494 e. The van der Waals surface area contributed by atoms with Gasteiger partial charge in [0.25, 0.3) is 0 Å². The van der Waals surface area contributed by atoms with Crippen molar-refractivity contribution in [1.29, 1.82) is 5.26 Å². The fourth-order valence-electron chi connectivity index (χ4n) is 4.94. The number of rotatable bonds is 3. The zero-order valence-corrected chi connectivity index (χ0v) is 21.3. The van der Waals surface area contributed by atoms with Crippen LogP contribution in [0.4, 0.5) is 13.2 Å². The molecule has 2 aliphatic heterocycles. The smallest absolute Gasteiger partial charge is 0.417 e. The van der Waals surface area contributed by atoms with Crippen LogP contribution in [-0.4, -0.2) is 29.2 Å². The summed E-state index contributed by atoms with van der Waals surface area (Å²) in [6.45, 7) is 14.1. The summed E-state index contributed by atoms with van der Waals surface area (Å²) in [4.78, 5) is 0. The van der Waals surface area contributed by atoms with Crippen molar-refractivity contribution in [3.05, 3.63) is 40.5 Å². The van der Waals surface area contributed by atoms with Gasteiger partial charge < -0.3 is 19.4 Å². The summed E-state index contributed by atoms with van der Waals surface area (Å²) < 4.78 is 54.6. The van der Waals surface area contributed by atoms with Gasteiger partial charge in [0.1, 0.15) is 5.60 Å². The number of aromatic nitrogens is 1. The third-order valence-corrected chi connectivity index (χ3v) is 12.2. The molecule has 3 atom stereocenters. The number of ether oxygens (including phenoxy) is 1. The van der Waals surface area contributed by atoms with Crippen molar-refractivity contribution in [2.45, 2.75) is 82.7 Å². The molecular formula is C24H29F3N2O4Si. The number of halogens is 3. The summed E-state index contributed by atoms with van der Waals surface area (Å²) in [7, 11) is -2.22. The van der Waals surface area contributed by atoms with E-state index >= 15 is 0 Å². The Morgan fingerprint density at radius 2 is 1.74 bits per heavy atom. The molecule has 34 heavy (non-hydrogen) atoms. The lowest BCUT2D eigenvalue weighted by atomic mass is 9.78. The van der Waals surface area contributed by atoms with Gasteiger partial charge in [0.2, 0.25) is 11.8 Å². The number of nitrogens with zero attached hydrogens (tertiary/aromatic N) is 2. The molecule has 184 valence electrons. The molecule has 4 rings (SSSR count). The molecule has 1 aromatic heterocycles. The summed E-state index contributed by atoms with van der Waals surface area (Å²) in [6, 6.07) is 4.58. The first kappa shape index (κ1) is 24.6. The SMILES string of the molecule is CC(C)(C)[Si](C)(C)O[C@H]1C[C@]2(C)O[C@@]1(C)c1c2c(O)n(-c2ccc(C#N)c(C(F)(F)F)c2)c1O. The lowest BCUT2D eigenvalue weighted by molar-refractivity contribution is -0.137. The Bertz CT molecular complexity index is 1220. The molecule has 0 spiro atoms. The molecule has 2 aromatic rings. The third-order valence-electron chi connectivity index (χ3n) is 7.70. The molecule has 0 saturated carbocycles. The van der Waals surface area contributed by atoms with Gasteiger partial charge in [-0.15, -0.1) is 0 Å². The number of hydrogen-bond acceptors (Lipinski definition) is 5. The van der Waals surface area contributed by atoms with E-state index < -0.39 is 48.8 Å². The zero-order valence-electron chi connectivity index (χ0n) is 20.3. The summed E-state index contributed by atoms with van der Waals surface area (Å²) in [5.74, 6) is -0.789. The fraction of sp³-hybridized carbons (Fsp3) is 0.542. The molecule has 2 bridgehead atoms. The molecular weight excluding hydrogens is 465 g/mol. The van der Waals surface area contributed by atoms with Crippen LogP contribution in [-0.2, 0) is 26.5 Å². The van der Waals surface area contributed by atoms with Gasteiger partial charge in [-0.05, 0) is 50.2 Å². The second-order valence-corrected chi connectivity index (χ2v) is 15.8. The molecule has 1 saturated heterocycles. The van der Waals surface area contributed by atoms with Gasteiger partial charge in [-0.1, -0.05) is 20.8 Å². The largest absolute Gasteiger partial charge is 0.494 e. The van der Waals surface area contributed by atoms with Gasteiger partial charge in [0.15, 0.2) is 8.32 Å². The van der Waals surface area contributed by atoms with Crippen LogP contribution in [0.2, 0.25) is 18.1 Å². The Morgan fingerprint density at radius 3 is 2.26 bits per heavy atom. The number of aromatic hydroxyl groups is 2. The van der Waals surface area contributed by atoms with E-state index in [1.54, 1.807) is 13.8 Å². The van der Waals surface area contributed by atoms with Crippen LogP contribution in [0.1, 0.15) is 63.3 Å². The standard InChI is InChI=1S/C24H29F3N2O4Si/c1-21(2,3)34(6,7)32-16-11-22(4)17-18(23(16,5)33-22)20(31)29(19(17)30)14-9-8-13(12-28)15(10-14)24(25,26)27/h8-10,16,30-31H,11H2,1-7H3/t16-,22-,23+/m0/s1. The maximum absolute atomic E-state index is 13.5. The Morgan fingerprint density at radius 1 is 1.15 bits per heavy atom. The van der Waals surface area contributed by atoms with E-state index in [2.05, 4.69) is 33.9 Å². The highest BCUT2D eigenvalue weighted by Crippen LogP contribution is 2.65. The number of alkyl halides is 3. The van der Waals surface area contributed by atoms with Crippen LogP contribution < -0.4 is 0 Å². The minimum atomic E-state index is -4.77. The van der Waals surface area contributed by atoms with Gasteiger partial charge >= 0.3 is 6.18 Å². The molecule has 0 unspecified atom stereocenters. The highest BCUT2D eigenvalue weighted by Gasteiger charge is 2.66. The summed E-state index contributed by atoms with van der Waals surface area (Å²) in [5.41, 5.74) is -3.20. The first-order valence-electron chi connectivity index (χ1n) is 11.0. The van der Waals surface area contributed by atoms with Crippen molar-refractivity contribution in [3.8, 4) is 23.5 Å². The topological polar surface area (TPSA) is 87.6 Å². The quantitative estimate of drug-likeness (QED) is 0.509. The normalized spacial score (nSPS) is 26.6. The molecule has 1 aromatic carbocycles. The number of fused-ring (bicyclic) bond motifs is 5. The lowest BCUT2D eigenvalue weighted by Crippen LogP contribution is -2.48. The maximum atomic E-state index is 13.5. The minimum absolute atomic E-state index is 0.0679. The van der Waals surface area contributed by atoms with Crippen molar-refractivity contribution >= 4 is 8.32 Å². The van der Waals surface area contributed by atoms with Crippen molar-refractivity contribution in [2.75, 3.05) is 0 Å². The van der Waals surface area contributed by atoms with E-state index in [0.717, 1.165) is 16.7 Å². The first-order chi connectivity index (χ1) is 15.4. The van der Waals surface area contributed by atoms with Crippen molar-refractivity contribution in [2.24, 2.45) is 0 Å². The zero-order chi connectivity index (χ0) is 25.6. The Kier molecular flexibility index (Phi) is 5.09. The second kappa shape index (κ2) is 7.03. The molecule has 10 heteroatoms. The van der Waals surface area contributed by atoms with Crippen LogP contribution in [0.25, 0.3) is 5.69 Å². The van der Waals surface area contributed by atoms with E-state index in [-0.39, 0.29) is 16.6 Å². The summed E-state index contributed by atoms with van der Waals surface area (Å²) in [6.07, 6.45) is -4.75. The summed E-state index contributed by atoms with van der Waals surface area (Å²) >= 11 is 0. The number of benzene rings is 1. The maximum Gasteiger partial charge on any atom is 0.417 e. The second-order valence-electron chi connectivity index (χ2n) is 11.1. The Labute approximate surface area is 197 Å². The van der Waals surface area contributed by atoms with Crippen molar-refractivity contribution in [3.63, 3.8) is 0 Å². The first-order valence-corrected chi connectivity index (χ1v) is 14.0. The van der Waals surface area contributed by atoms with Gasteiger partial charge in [-0.2, -0.15) is 18.4 Å². The number of nitriles is 1. The van der Waals surface area contributed by atoms with E-state index in [1.807, 2.05) is 0 Å². The monoisotopic (exact) mass is 494 g/mol. The van der Waals surface area contributed by atoms with Crippen molar-refractivity contribution < 1.29 is 32.5 Å². The van der Waals surface area contributed by atoms with E-state index in [0.29, 0.717) is 17.5 Å². The van der Waals surface area contributed by atoms with Crippen LogP contribution in [0.5, 0.6) is 11.8 Å². The highest BCUT2D eigenvalue weighted by molar-refractivity contribution is 6.74. The fourth-order valence-corrected chi connectivity index (χ4v) is 6.32. The van der Waals surface area contributed by atoms with Crippen LogP contribution in [0, 0.1) is 11.3 Å². The summed E-state index contributed by atoms with van der Waals surface area (Å²) in [5, 5.41) is 31.3. The molecule has 3 heterocycles. The number of hydrogen-bond donors (Lipinski definition) is 2. The van der Waals surface area contributed by atoms with Crippen LogP contribution in [0.3, 0.4) is 0 Å². The highest BCUT2D eigenvalue weighted by atomic mass is 28.4. The molecule has 2 aliphatic rings. The molecule has 0 aliphatic carbocycles. The predicted molar refractivity (Wildman–Crippen MR) is 121 cm³/mol. The molecule has 0 radical (unpaired) electrons. The van der Waals surface area contributed by atoms with Gasteiger partial charge in [0, 0.05) is 6.42 Å². The van der Waals surface area contributed by atoms with Gasteiger partial charge in [-0.25, -0.2) is 0 Å². The van der Waals surface area contributed by atoms with Crippen molar-refractivity contribution in [1.82, 2.24) is 4.57 Å². The molecule has 0 amide bonds. The van der Waals surface area contributed by atoms with E-state index in [9.17, 15) is 23.4 Å². The third kappa shape index (κ3) is 3.28. The van der Waals surface area contributed by atoms with Gasteiger partial charge in [-0.3, -0.25) is 4.57 Å². The Balaban J connectivity index is 1.86. The molecule has 6 nitrogen and oxygen atoms in total. The molecule has 1 fully saturated rings. The van der Waals surface area contributed by atoms with Crippen LogP contribution in [0.15, 0.2) is 18.2 Å². The average Bonchev–Trinajstić information content (AvgIpc) is 3.20. The van der Waals surface area contributed by atoms with Gasteiger partial charge in [0.05, 0.1) is 45.7 Å². The predicted octanol–water partition coefficient (Wildman–Crippen LogP) is 6.03. The Hall–Kier alpha value is -2.48. The van der Waals surface area contributed by atoms with Crippen LogP contribution >= 0.6 is 0 Å². The van der Waals surface area contributed by atoms with E-state index in [4.69, 9.17) is 14.4 Å².